The maximum absolute atomic E-state index is 12.9. The molecule has 0 aliphatic carbocycles. The highest BCUT2D eigenvalue weighted by atomic mass is 32.1. The van der Waals surface area contributed by atoms with Gasteiger partial charge in [0.2, 0.25) is 0 Å². The molecular weight excluding hydrogens is 363 g/mol. The molecule has 0 saturated carbocycles. The van der Waals surface area contributed by atoms with Crippen molar-refractivity contribution in [3.05, 3.63) is 71.0 Å². The summed E-state index contributed by atoms with van der Waals surface area (Å²) in [5, 5.41) is 5.27. The fraction of sp³-hybridized carbons (Fsp3) is 0.238. The molecule has 0 atom stereocenters. The fourth-order valence-corrected chi connectivity index (χ4v) is 3.23. The molecule has 3 rings (SSSR count). The van der Waals surface area contributed by atoms with Gasteiger partial charge in [0.05, 0.1) is 12.2 Å². The molecule has 1 aromatic heterocycles. The van der Waals surface area contributed by atoms with E-state index in [0.29, 0.717) is 24.8 Å². The Balaban J connectivity index is 1.69. The van der Waals surface area contributed by atoms with E-state index in [4.69, 9.17) is 4.74 Å². The van der Waals surface area contributed by atoms with Crippen LogP contribution in [-0.2, 0) is 6.54 Å². The number of benzene rings is 2. The summed E-state index contributed by atoms with van der Waals surface area (Å²) >= 11 is 1.40. The highest BCUT2D eigenvalue weighted by Crippen LogP contribution is 2.32. The molecule has 3 aromatic rings. The Morgan fingerprint density at radius 2 is 1.93 bits per heavy atom. The first kappa shape index (κ1) is 19.0. The van der Waals surface area contributed by atoms with E-state index >= 15 is 0 Å². The second kappa shape index (κ2) is 8.77. The molecule has 0 spiro atoms. The molecule has 1 heterocycles. The van der Waals surface area contributed by atoms with Gasteiger partial charge in [-0.2, -0.15) is 0 Å². The topological polar surface area (TPSA) is 51.2 Å². The number of para-hydroxylation sites is 1. The maximum atomic E-state index is 12.9. The smallest absolute Gasteiger partial charge is 0.271 e. The first-order valence-corrected chi connectivity index (χ1v) is 9.61. The minimum Gasteiger partial charge on any atom is -0.493 e. The maximum Gasteiger partial charge on any atom is 0.271 e. The van der Waals surface area contributed by atoms with E-state index in [0.717, 1.165) is 21.9 Å². The average molecular weight is 384 g/mol. The third-order valence-corrected chi connectivity index (χ3v) is 4.67. The van der Waals surface area contributed by atoms with E-state index in [-0.39, 0.29) is 11.7 Å². The Morgan fingerprint density at radius 1 is 1.19 bits per heavy atom. The van der Waals surface area contributed by atoms with Crippen LogP contribution >= 0.6 is 11.3 Å². The number of amides is 1. The zero-order chi connectivity index (χ0) is 19.2. The van der Waals surface area contributed by atoms with Crippen LogP contribution < -0.4 is 10.1 Å². The molecule has 0 bridgehead atoms. The van der Waals surface area contributed by atoms with E-state index in [1.807, 2.05) is 24.3 Å². The van der Waals surface area contributed by atoms with Crippen LogP contribution in [-0.4, -0.2) is 17.5 Å². The van der Waals surface area contributed by atoms with E-state index in [1.54, 1.807) is 17.5 Å². The molecule has 0 radical (unpaired) electrons. The van der Waals surface area contributed by atoms with Crippen molar-refractivity contribution in [3.8, 4) is 16.3 Å². The SMILES string of the molecule is CC(C)COc1ccccc1-c1nc(C(=O)NCc2ccc(F)cc2)cs1. The first-order chi connectivity index (χ1) is 13.0. The Bertz CT molecular complexity index is 907. The monoisotopic (exact) mass is 384 g/mol. The molecular formula is C21H21FN2O2S. The van der Waals surface area contributed by atoms with Gasteiger partial charge in [-0.3, -0.25) is 4.79 Å². The van der Waals surface area contributed by atoms with Crippen LogP contribution in [0.4, 0.5) is 4.39 Å². The first-order valence-electron chi connectivity index (χ1n) is 8.73. The fourth-order valence-electron chi connectivity index (χ4n) is 2.40. The van der Waals surface area contributed by atoms with Crippen molar-refractivity contribution in [2.75, 3.05) is 6.61 Å². The number of carbonyl (C=O) groups is 1. The van der Waals surface area contributed by atoms with Gasteiger partial charge in [-0.25, -0.2) is 9.37 Å². The molecule has 0 unspecified atom stereocenters. The normalized spacial score (nSPS) is 10.8. The van der Waals surface area contributed by atoms with Gasteiger partial charge in [-0.15, -0.1) is 11.3 Å². The van der Waals surface area contributed by atoms with Crippen molar-refractivity contribution < 1.29 is 13.9 Å². The summed E-state index contributed by atoms with van der Waals surface area (Å²) in [4.78, 5) is 16.8. The average Bonchev–Trinajstić information content (AvgIpc) is 3.16. The Kier molecular flexibility index (Phi) is 6.19. The summed E-state index contributed by atoms with van der Waals surface area (Å²) in [5.74, 6) is 0.621. The van der Waals surface area contributed by atoms with E-state index in [9.17, 15) is 9.18 Å². The Labute approximate surface area is 162 Å². The molecule has 140 valence electrons. The summed E-state index contributed by atoms with van der Waals surface area (Å²) in [5.41, 5.74) is 2.06. The molecule has 6 heteroatoms. The van der Waals surface area contributed by atoms with Crippen molar-refractivity contribution in [3.63, 3.8) is 0 Å². The number of ether oxygens (including phenoxy) is 1. The lowest BCUT2D eigenvalue weighted by atomic mass is 10.2. The van der Waals surface area contributed by atoms with Crippen molar-refractivity contribution in [1.82, 2.24) is 10.3 Å². The molecule has 0 fully saturated rings. The van der Waals surface area contributed by atoms with E-state index < -0.39 is 0 Å². The lowest BCUT2D eigenvalue weighted by Crippen LogP contribution is -2.23. The van der Waals surface area contributed by atoms with E-state index in [2.05, 4.69) is 24.1 Å². The number of nitrogens with zero attached hydrogens (tertiary/aromatic N) is 1. The number of halogens is 1. The van der Waals surface area contributed by atoms with Crippen molar-refractivity contribution >= 4 is 17.2 Å². The number of nitrogens with one attached hydrogen (secondary N) is 1. The van der Waals surface area contributed by atoms with Crippen LogP contribution in [0.1, 0.15) is 29.9 Å². The lowest BCUT2D eigenvalue weighted by molar-refractivity contribution is 0.0946. The van der Waals surface area contributed by atoms with E-state index in [1.165, 1.54) is 23.5 Å². The van der Waals surface area contributed by atoms with Crippen molar-refractivity contribution in [2.45, 2.75) is 20.4 Å². The summed E-state index contributed by atoms with van der Waals surface area (Å²) in [6.45, 7) is 5.12. The second-order valence-corrected chi connectivity index (χ2v) is 7.41. The summed E-state index contributed by atoms with van der Waals surface area (Å²) in [7, 11) is 0. The van der Waals surface area contributed by atoms with Gasteiger partial charge in [-0.1, -0.05) is 38.1 Å². The molecule has 0 aliphatic heterocycles. The standard InChI is InChI=1S/C21H21FN2O2S/c1-14(2)12-26-19-6-4-3-5-17(19)21-24-18(13-27-21)20(25)23-11-15-7-9-16(22)10-8-15/h3-10,13-14H,11-12H2,1-2H3,(H,23,25). The minimum absolute atomic E-state index is 0.262. The number of hydrogen-bond donors (Lipinski definition) is 1. The molecule has 0 aliphatic rings. The zero-order valence-electron chi connectivity index (χ0n) is 15.2. The quantitative estimate of drug-likeness (QED) is 0.629. The predicted octanol–water partition coefficient (Wildman–Crippen LogP) is 4.91. The van der Waals surface area contributed by atoms with Crippen LogP contribution in [0.5, 0.6) is 5.75 Å². The number of hydrogen-bond acceptors (Lipinski definition) is 4. The zero-order valence-corrected chi connectivity index (χ0v) is 16.1. The summed E-state index contributed by atoms with van der Waals surface area (Å²) in [6, 6.07) is 13.7. The van der Waals surface area contributed by atoms with Gasteiger partial charge in [0.15, 0.2) is 0 Å². The molecule has 0 saturated heterocycles. The van der Waals surface area contributed by atoms with Crippen molar-refractivity contribution in [1.29, 1.82) is 0 Å². The highest BCUT2D eigenvalue weighted by molar-refractivity contribution is 7.13. The summed E-state index contributed by atoms with van der Waals surface area (Å²) in [6.07, 6.45) is 0. The van der Waals surface area contributed by atoms with Crippen LogP contribution in [0.3, 0.4) is 0 Å². The molecule has 1 N–H and O–H groups in total. The van der Waals surface area contributed by atoms with Gasteiger partial charge in [-0.05, 0) is 35.7 Å². The minimum atomic E-state index is -0.299. The van der Waals surface area contributed by atoms with Crippen LogP contribution in [0.15, 0.2) is 53.9 Å². The molecule has 4 nitrogen and oxygen atoms in total. The van der Waals surface area contributed by atoms with Crippen LogP contribution in [0.25, 0.3) is 10.6 Å². The van der Waals surface area contributed by atoms with Gasteiger partial charge in [0.25, 0.3) is 5.91 Å². The Morgan fingerprint density at radius 3 is 2.67 bits per heavy atom. The highest BCUT2D eigenvalue weighted by Gasteiger charge is 2.14. The van der Waals surface area contributed by atoms with Gasteiger partial charge in [0.1, 0.15) is 22.3 Å². The number of carbonyl (C=O) groups excluding carboxylic acids is 1. The third-order valence-electron chi connectivity index (χ3n) is 3.79. The van der Waals surface area contributed by atoms with Gasteiger partial charge in [0, 0.05) is 11.9 Å². The third kappa shape index (κ3) is 5.14. The van der Waals surface area contributed by atoms with Crippen LogP contribution in [0, 0.1) is 11.7 Å². The Hall–Kier alpha value is -2.73. The number of thiazole rings is 1. The molecule has 27 heavy (non-hydrogen) atoms. The second-order valence-electron chi connectivity index (χ2n) is 6.55. The molecule has 2 aromatic carbocycles. The van der Waals surface area contributed by atoms with Crippen molar-refractivity contribution in [2.24, 2.45) is 5.92 Å². The largest absolute Gasteiger partial charge is 0.493 e. The number of rotatable bonds is 7. The summed E-state index contributed by atoms with van der Waals surface area (Å²) < 4.78 is 18.8. The van der Waals surface area contributed by atoms with Gasteiger partial charge >= 0.3 is 0 Å². The van der Waals surface area contributed by atoms with Gasteiger partial charge < -0.3 is 10.1 Å². The lowest BCUT2D eigenvalue weighted by Gasteiger charge is -2.11. The predicted molar refractivity (Wildman–Crippen MR) is 105 cm³/mol. The molecule has 1 amide bonds. The number of aromatic nitrogens is 1. The van der Waals surface area contributed by atoms with Crippen LogP contribution in [0.2, 0.25) is 0 Å².